The van der Waals surface area contributed by atoms with Crippen LogP contribution in [0.25, 0.3) is 0 Å². The summed E-state index contributed by atoms with van der Waals surface area (Å²) in [7, 11) is 0. The van der Waals surface area contributed by atoms with Crippen LogP contribution >= 0.6 is 0 Å². The summed E-state index contributed by atoms with van der Waals surface area (Å²) in [5, 5.41) is 7.21. The van der Waals surface area contributed by atoms with Gasteiger partial charge in [-0.2, -0.15) is 5.10 Å². The molecular weight excluding hydrogens is 236 g/mol. The van der Waals surface area contributed by atoms with E-state index in [0.717, 1.165) is 11.9 Å². The number of nitrogens with zero attached hydrogens (tertiary/aromatic N) is 2. The summed E-state index contributed by atoms with van der Waals surface area (Å²) >= 11 is 0. The van der Waals surface area contributed by atoms with Crippen LogP contribution in [0.2, 0.25) is 0 Å². The van der Waals surface area contributed by atoms with Gasteiger partial charge in [-0.15, -0.1) is 0 Å². The van der Waals surface area contributed by atoms with Gasteiger partial charge in [0.05, 0.1) is 6.20 Å². The maximum Gasteiger partial charge on any atom is 0.163 e. The molecule has 1 aromatic heterocycles. The second kappa shape index (κ2) is 5.16. The molecule has 0 atom stereocenters. The molecule has 1 heterocycles. The van der Waals surface area contributed by atoms with Crippen molar-refractivity contribution in [1.82, 2.24) is 9.78 Å². The molecular formula is C13H15F2N3. The van der Waals surface area contributed by atoms with E-state index in [0.29, 0.717) is 5.56 Å². The molecule has 1 aromatic carbocycles. The number of rotatable bonds is 4. The van der Waals surface area contributed by atoms with E-state index in [9.17, 15) is 8.78 Å². The Morgan fingerprint density at radius 3 is 2.78 bits per heavy atom. The normalized spacial score (nSPS) is 10.9. The first-order valence-corrected chi connectivity index (χ1v) is 5.80. The molecule has 0 unspecified atom stereocenters. The Balaban J connectivity index is 2.12. The molecule has 3 nitrogen and oxygen atoms in total. The quantitative estimate of drug-likeness (QED) is 0.903. The molecule has 0 aliphatic rings. The predicted molar refractivity (Wildman–Crippen MR) is 66.3 cm³/mol. The van der Waals surface area contributed by atoms with Crippen LogP contribution in [0.5, 0.6) is 0 Å². The van der Waals surface area contributed by atoms with Crippen LogP contribution in [0.4, 0.5) is 14.6 Å². The Labute approximate surface area is 104 Å². The highest BCUT2D eigenvalue weighted by atomic mass is 19.2. The summed E-state index contributed by atoms with van der Waals surface area (Å²) in [6.07, 6.45) is 1.67. The van der Waals surface area contributed by atoms with Crippen molar-refractivity contribution in [2.45, 2.75) is 26.4 Å². The van der Waals surface area contributed by atoms with Gasteiger partial charge < -0.3 is 5.32 Å². The fraction of sp³-hybridized carbons (Fsp3) is 0.308. The Kier molecular flexibility index (Phi) is 3.60. The lowest BCUT2D eigenvalue weighted by Crippen LogP contribution is -2.10. The van der Waals surface area contributed by atoms with Crippen molar-refractivity contribution >= 4 is 5.82 Å². The van der Waals surface area contributed by atoms with Gasteiger partial charge in [0.15, 0.2) is 11.6 Å². The highest BCUT2D eigenvalue weighted by molar-refractivity contribution is 5.36. The van der Waals surface area contributed by atoms with E-state index in [1.54, 1.807) is 23.0 Å². The van der Waals surface area contributed by atoms with Crippen LogP contribution in [0, 0.1) is 11.6 Å². The number of hydrogen-bond donors (Lipinski definition) is 1. The first-order chi connectivity index (χ1) is 8.59. The number of nitrogens with one attached hydrogen (secondary N) is 1. The molecule has 0 fully saturated rings. The summed E-state index contributed by atoms with van der Waals surface area (Å²) in [5.74, 6) is -0.846. The van der Waals surface area contributed by atoms with Crippen LogP contribution in [0.15, 0.2) is 30.5 Å². The van der Waals surface area contributed by atoms with Crippen molar-refractivity contribution in [2.24, 2.45) is 0 Å². The molecule has 18 heavy (non-hydrogen) atoms. The van der Waals surface area contributed by atoms with Gasteiger partial charge in [-0.05, 0) is 19.9 Å². The lowest BCUT2D eigenvalue weighted by Gasteiger charge is -2.13. The van der Waals surface area contributed by atoms with Gasteiger partial charge in [0.2, 0.25) is 0 Å². The van der Waals surface area contributed by atoms with E-state index in [4.69, 9.17) is 0 Å². The minimum absolute atomic E-state index is 0.208. The molecule has 0 saturated heterocycles. The third-order valence-electron chi connectivity index (χ3n) is 2.65. The second-order valence-electron chi connectivity index (χ2n) is 4.32. The zero-order chi connectivity index (χ0) is 13.1. The molecule has 2 rings (SSSR count). The highest BCUT2D eigenvalue weighted by Gasteiger charge is 2.09. The van der Waals surface area contributed by atoms with Crippen molar-refractivity contribution in [3.63, 3.8) is 0 Å². The molecule has 0 bridgehead atoms. The molecule has 96 valence electrons. The Bertz CT molecular complexity index is 535. The monoisotopic (exact) mass is 251 g/mol. The number of hydrogen-bond acceptors (Lipinski definition) is 2. The van der Waals surface area contributed by atoms with Crippen molar-refractivity contribution < 1.29 is 8.78 Å². The summed E-state index contributed by atoms with van der Waals surface area (Å²) in [5.41, 5.74) is 0.298. The van der Waals surface area contributed by atoms with Gasteiger partial charge in [-0.25, -0.2) is 13.5 Å². The molecule has 0 radical (unpaired) electrons. The van der Waals surface area contributed by atoms with Gasteiger partial charge >= 0.3 is 0 Å². The van der Waals surface area contributed by atoms with Gasteiger partial charge in [0.25, 0.3) is 0 Å². The average Bonchev–Trinajstić information content (AvgIpc) is 2.79. The van der Waals surface area contributed by atoms with E-state index in [2.05, 4.69) is 10.4 Å². The first-order valence-electron chi connectivity index (χ1n) is 5.80. The largest absolute Gasteiger partial charge is 0.366 e. The molecule has 0 aliphatic heterocycles. The van der Waals surface area contributed by atoms with Gasteiger partial charge in [-0.1, -0.05) is 12.1 Å². The minimum Gasteiger partial charge on any atom is -0.366 e. The van der Waals surface area contributed by atoms with E-state index in [-0.39, 0.29) is 12.6 Å². The molecule has 0 amide bonds. The third-order valence-corrected chi connectivity index (χ3v) is 2.65. The Morgan fingerprint density at radius 1 is 1.28 bits per heavy atom. The van der Waals surface area contributed by atoms with E-state index in [1.807, 2.05) is 13.8 Å². The molecule has 0 spiro atoms. The number of anilines is 1. The molecule has 0 aliphatic carbocycles. The average molecular weight is 251 g/mol. The fourth-order valence-electron chi connectivity index (χ4n) is 1.74. The van der Waals surface area contributed by atoms with Gasteiger partial charge in [0, 0.05) is 24.2 Å². The lowest BCUT2D eigenvalue weighted by atomic mass is 10.2. The number of benzene rings is 1. The maximum absolute atomic E-state index is 13.5. The van der Waals surface area contributed by atoms with Crippen LogP contribution < -0.4 is 5.32 Å². The number of aromatic nitrogens is 2. The van der Waals surface area contributed by atoms with Crippen molar-refractivity contribution in [2.75, 3.05) is 5.32 Å². The number of halogens is 2. The van der Waals surface area contributed by atoms with Gasteiger partial charge in [-0.3, -0.25) is 0 Å². The third kappa shape index (κ3) is 2.50. The fourth-order valence-corrected chi connectivity index (χ4v) is 1.74. The van der Waals surface area contributed by atoms with E-state index < -0.39 is 11.6 Å². The zero-order valence-electron chi connectivity index (χ0n) is 10.3. The summed E-state index contributed by atoms with van der Waals surface area (Å²) in [6.45, 7) is 4.23. The maximum atomic E-state index is 13.5. The van der Waals surface area contributed by atoms with Crippen molar-refractivity contribution in [3.8, 4) is 0 Å². The van der Waals surface area contributed by atoms with E-state index in [1.165, 1.54) is 6.07 Å². The molecule has 2 aromatic rings. The molecule has 1 N–H and O–H groups in total. The van der Waals surface area contributed by atoms with Gasteiger partial charge in [0.1, 0.15) is 5.82 Å². The second-order valence-corrected chi connectivity index (χ2v) is 4.32. The standard InChI is InChI=1S/C13H15F2N3/c1-9(2)18-12(6-7-17-18)16-8-10-4-3-5-11(14)13(10)15/h3-7,9,16H,8H2,1-2H3. The molecule has 5 heteroatoms. The smallest absolute Gasteiger partial charge is 0.163 e. The highest BCUT2D eigenvalue weighted by Crippen LogP contribution is 2.16. The van der Waals surface area contributed by atoms with Crippen LogP contribution in [-0.2, 0) is 6.54 Å². The Morgan fingerprint density at radius 2 is 2.06 bits per heavy atom. The summed E-state index contributed by atoms with van der Waals surface area (Å²) in [6, 6.07) is 6.17. The predicted octanol–water partition coefficient (Wildman–Crippen LogP) is 3.35. The first kappa shape index (κ1) is 12.5. The van der Waals surface area contributed by atoms with Crippen LogP contribution in [0.3, 0.4) is 0 Å². The zero-order valence-corrected chi connectivity index (χ0v) is 10.3. The lowest BCUT2D eigenvalue weighted by molar-refractivity contribution is 0.499. The van der Waals surface area contributed by atoms with E-state index >= 15 is 0 Å². The van der Waals surface area contributed by atoms with Crippen molar-refractivity contribution in [3.05, 3.63) is 47.7 Å². The van der Waals surface area contributed by atoms with Crippen LogP contribution in [-0.4, -0.2) is 9.78 Å². The van der Waals surface area contributed by atoms with Crippen molar-refractivity contribution in [1.29, 1.82) is 0 Å². The summed E-state index contributed by atoms with van der Waals surface area (Å²) < 4.78 is 28.3. The molecule has 0 saturated carbocycles. The SMILES string of the molecule is CC(C)n1nccc1NCc1cccc(F)c1F. The Hall–Kier alpha value is -1.91. The van der Waals surface area contributed by atoms with Crippen LogP contribution in [0.1, 0.15) is 25.5 Å². The summed E-state index contributed by atoms with van der Waals surface area (Å²) in [4.78, 5) is 0. The minimum atomic E-state index is -0.827. The topological polar surface area (TPSA) is 29.9 Å².